The zero-order valence-electron chi connectivity index (χ0n) is 35.9. The molecule has 11 aromatic rings. The minimum absolute atomic E-state index is 0.672. The van der Waals surface area contributed by atoms with E-state index in [4.69, 9.17) is 24.9 Å². The van der Waals surface area contributed by atoms with Crippen LogP contribution in [0.3, 0.4) is 0 Å². The van der Waals surface area contributed by atoms with E-state index in [1.54, 1.807) is 0 Å². The maximum Gasteiger partial charge on any atom is 0.161 e. The minimum atomic E-state index is 0.672. The first-order chi connectivity index (χ1) is 32.7. The maximum absolute atomic E-state index is 5.31. The Morgan fingerprint density at radius 1 is 0.197 bits per heavy atom. The van der Waals surface area contributed by atoms with Crippen molar-refractivity contribution in [1.29, 1.82) is 0 Å². The Kier molecular flexibility index (Phi) is 10.9. The van der Waals surface area contributed by atoms with Crippen LogP contribution in [-0.2, 0) is 0 Å². The number of benzene rings is 8. The topological polar surface area (TPSA) is 64.5 Å². The maximum atomic E-state index is 5.31. The number of rotatable bonds is 10. The molecular formula is C61H41N5. The van der Waals surface area contributed by atoms with E-state index in [0.29, 0.717) is 11.6 Å². The molecule has 0 aliphatic carbocycles. The lowest BCUT2D eigenvalue weighted by molar-refractivity contribution is 1.18. The molecule has 0 aliphatic rings. The molecule has 3 aromatic heterocycles. The molecule has 0 bridgehead atoms. The van der Waals surface area contributed by atoms with Gasteiger partial charge in [-0.25, -0.2) is 19.9 Å². The average molecular weight is 844 g/mol. The summed E-state index contributed by atoms with van der Waals surface area (Å²) in [6.45, 7) is 0. The van der Waals surface area contributed by atoms with E-state index in [1.165, 1.54) is 0 Å². The summed E-state index contributed by atoms with van der Waals surface area (Å²) in [6, 6.07) is 83.9. The first kappa shape index (κ1) is 39.9. The number of hydrogen-bond donors (Lipinski definition) is 0. The summed E-state index contributed by atoms with van der Waals surface area (Å²) in [5.74, 6) is 1.36. The predicted octanol–water partition coefficient (Wildman–Crippen LogP) is 15.3. The minimum Gasteiger partial charge on any atom is -0.256 e. The highest BCUT2D eigenvalue weighted by Gasteiger charge is 2.17. The molecule has 0 radical (unpaired) electrons. The van der Waals surface area contributed by atoms with Gasteiger partial charge in [0, 0.05) is 45.1 Å². The molecule has 0 saturated carbocycles. The zero-order valence-corrected chi connectivity index (χ0v) is 35.9. The molecule has 5 nitrogen and oxygen atoms in total. The highest BCUT2D eigenvalue weighted by Crippen LogP contribution is 2.38. The van der Waals surface area contributed by atoms with Crippen molar-refractivity contribution in [2.24, 2.45) is 0 Å². The van der Waals surface area contributed by atoms with Crippen LogP contribution in [0.25, 0.3) is 112 Å². The number of hydrogen-bond acceptors (Lipinski definition) is 5. The monoisotopic (exact) mass is 843 g/mol. The number of nitrogens with zero attached hydrogens (tertiary/aromatic N) is 5. The third kappa shape index (κ3) is 8.45. The van der Waals surface area contributed by atoms with Crippen molar-refractivity contribution in [3.05, 3.63) is 249 Å². The van der Waals surface area contributed by atoms with Crippen LogP contribution in [0.4, 0.5) is 0 Å². The van der Waals surface area contributed by atoms with Gasteiger partial charge in [-0.3, -0.25) is 4.98 Å². The van der Waals surface area contributed by atoms with E-state index in [9.17, 15) is 0 Å². The van der Waals surface area contributed by atoms with Crippen LogP contribution in [-0.4, -0.2) is 24.9 Å². The second kappa shape index (κ2) is 18.0. The first-order valence-corrected chi connectivity index (χ1v) is 22.1. The zero-order chi connectivity index (χ0) is 44.1. The summed E-state index contributed by atoms with van der Waals surface area (Å²) in [5, 5.41) is 0. The summed E-state index contributed by atoms with van der Waals surface area (Å²) in [7, 11) is 0. The number of pyridine rings is 1. The molecule has 66 heavy (non-hydrogen) atoms. The van der Waals surface area contributed by atoms with Crippen molar-refractivity contribution < 1.29 is 0 Å². The lowest BCUT2D eigenvalue weighted by Crippen LogP contribution is -1.97. The second-order valence-electron chi connectivity index (χ2n) is 16.1. The highest BCUT2D eigenvalue weighted by atomic mass is 14.9. The van der Waals surface area contributed by atoms with Crippen molar-refractivity contribution in [2.45, 2.75) is 0 Å². The molecule has 0 unspecified atom stereocenters. The van der Waals surface area contributed by atoms with Crippen LogP contribution in [0.1, 0.15) is 0 Å². The fraction of sp³-hybridized carbons (Fsp3) is 0. The fourth-order valence-electron chi connectivity index (χ4n) is 8.45. The van der Waals surface area contributed by atoms with Crippen molar-refractivity contribution in [3.8, 4) is 112 Å². The van der Waals surface area contributed by atoms with Gasteiger partial charge in [-0.05, 0) is 88.0 Å². The van der Waals surface area contributed by atoms with Crippen LogP contribution in [0.5, 0.6) is 0 Å². The third-order valence-electron chi connectivity index (χ3n) is 11.8. The van der Waals surface area contributed by atoms with Crippen LogP contribution < -0.4 is 0 Å². The Morgan fingerprint density at radius 2 is 0.576 bits per heavy atom. The second-order valence-corrected chi connectivity index (χ2v) is 16.1. The van der Waals surface area contributed by atoms with Crippen LogP contribution in [0.2, 0.25) is 0 Å². The van der Waals surface area contributed by atoms with Gasteiger partial charge < -0.3 is 0 Å². The molecule has 310 valence electrons. The summed E-state index contributed by atoms with van der Waals surface area (Å²) < 4.78 is 0. The molecule has 11 rings (SSSR count). The number of aromatic nitrogens is 5. The van der Waals surface area contributed by atoms with Crippen LogP contribution >= 0.6 is 0 Å². The van der Waals surface area contributed by atoms with Gasteiger partial charge in [0.25, 0.3) is 0 Å². The van der Waals surface area contributed by atoms with Crippen molar-refractivity contribution in [2.75, 3.05) is 0 Å². The summed E-state index contributed by atoms with van der Waals surface area (Å²) >= 11 is 0. The van der Waals surface area contributed by atoms with Gasteiger partial charge in [-0.15, -0.1) is 0 Å². The molecule has 0 atom stereocenters. The normalized spacial score (nSPS) is 11.0. The molecule has 0 fully saturated rings. The molecule has 0 spiro atoms. The lowest BCUT2D eigenvalue weighted by atomic mass is 9.92. The molecule has 0 aliphatic heterocycles. The Balaban J connectivity index is 1.03. The highest BCUT2D eigenvalue weighted by molar-refractivity contribution is 5.86. The van der Waals surface area contributed by atoms with Gasteiger partial charge in [0.2, 0.25) is 0 Å². The van der Waals surface area contributed by atoms with Crippen molar-refractivity contribution in [1.82, 2.24) is 24.9 Å². The molecule has 3 heterocycles. The molecule has 0 amide bonds. The SMILES string of the molecule is c1ccc(-c2cc(-c3cccc(-c4cc(-c5cccc(-c6cc(-c7ccccc7)nc(-c7ccccc7-c7ccccc7)n6)c5)cc(-c5ccccn5)c4)c3)nc(-c3ccccc3)n2)cc1. The van der Waals surface area contributed by atoms with Crippen molar-refractivity contribution >= 4 is 0 Å². The Labute approximate surface area is 384 Å². The summed E-state index contributed by atoms with van der Waals surface area (Å²) in [6.07, 6.45) is 1.85. The summed E-state index contributed by atoms with van der Waals surface area (Å²) in [4.78, 5) is 25.5. The third-order valence-corrected chi connectivity index (χ3v) is 11.8. The van der Waals surface area contributed by atoms with Crippen LogP contribution in [0.15, 0.2) is 249 Å². The van der Waals surface area contributed by atoms with E-state index in [1.807, 2.05) is 66.9 Å². The Morgan fingerprint density at radius 3 is 1.09 bits per heavy atom. The molecule has 5 heteroatoms. The standard InChI is InChI=1S/C61H41N5/c1-5-19-42(20-6-1)53-31-13-14-32-54(53)61-65-57(44-23-9-3-10-24-44)41-59(66-61)49-30-18-28-47(36-49)51-37-50(38-52(39-51)55-33-15-16-34-62-55)46-27-17-29-48(35-46)58-40-56(43-21-7-2-8-22-43)63-60(64-58)45-25-11-4-12-26-45/h1-41H. The van der Waals surface area contributed by atoms with E-state index < -0.39 is 0 Å². The van der Waals surface area contributed by atoms with E-state index in [-0.39, 0.29) is 0 Å². The summed E-state index contributed by atoms with van der Waals surface area (Å²) in [5.41, 5.74) is 17.8. The largest absolute Gasteiger partial charge is 0.256 e. The molecule has 0 saturated heterocycles. The Hall–Kier alpha value is -8.93. The lowest BCUT2D eigenvalue weighted by Gasteiger charge is -2.14. The molecular weight excluding hydrogens is 803 g/mol. The quantitative estimate of drug-likeness (QED) is 0.137. The van der Waals surface area contributed by atoms with Gasteiger partial charge in [-0.2, -0.15) is 0 Å². The van der Waals surface area contributed by atoms with Gasteiger partial charge in [0.15, 0.2) is 11.6 Å². The average Bonchev–Trinajstić information content (AvgIpc) is 3.42. The first-order valence-electron chi connectivity index (χ1n) is 22.1. The van der Waals surface area contributed by atoms with Crippen molar-refractivity contribution in [3.63, 3.8) is 0 Å². The van der Waals surface area contributed by atoms with Gasteiger partial charge in [0.1, 0.15) is 0 Å². The predicted molar refractivity (Wildman–Crippen MR) is 270 cm³/mol. The van der Waals surface area contributed by atoms with E-state index in [0.717, 1.165) is 101 Å². The van der Waals surface area contributed by atoms with E-state index >= 15 is 0 Å². The Bertz CT molecular complexity index is 3390. The molecule has 8 aromatic carbocycles. The van der Waals surface area contributed by atoms with Gasteiger partial charge >= 0.3 is 0 Å². The van der Waals surface area contributed by atoms with Gasteiger partial charge in [0.05, 0.1) is 28.5 Å². The smallest absolute Gasteiger partial charge is 0.161 e. The molecule has 0 N–H and O–H groups in total. The van der Waals surface area contributed by atoms with Gasteiger partial charge in [-0.1, -0.05) is 188 Å². The fourth-order valence-corrected chi connectivity index (χ4v) is 8.45. The van der Waals surface area contributed by atoms with E-state index in [2.05, 4.69) is 182 Å². The van der Waals surface area contributed by atoms with Crippen LogP contribution in [0, 0.1) is 0 Å².